The fourth-order valence-corrected chi connectivity index (χ4v) is 5.74. The van der Waals surface area contributed by atoms with Gasteiger partial charge in [-0.2, -0.15) is 0 Å². The monoisotopic (exact) mass is 424 g/mol. The number of carbonyl (C=O) groups excluding carboxylic acids is 2. The van der Waals surface area contributed by atoms with Gasteiger partial charge in [0.05, 0.1) is 28.1 Å². The number of carbonyl (C=O) groups is 2. The minimum absolute atomic E-state index is 0.0387. The van der Waals surface area contributed by atoms with E-state index in [9.17, 15) is 18.0 Å². The maximum atomic E-state index is 13.4. The second-order valence-electron chi connectivity index (χ2n) is 7.95. The van der Waals surface area contributed by atoms with Gasteiger partial charge in [-0.25, -0.2) is 8.42 Å². The maximum Gasteiger partial charge on any atom is 0.239 e. The van der Waals surface area contributed by atoms with Crippen LogP contribution in [0.15, 0.2) is 64.5 Å². The molecule has 0 aromatic heterocycles. The summed E-state index contributed by atoms with van der Waals surface area (Å²) in [4.78, 5) is 33.0. The molecule has 0 saturated carbocycles. The molecule has 0 radical (unpaired) electrons. The van der Waals surface area contributed by atoms with Crippen molar-refractivity contribution < 1.29 is 18.0 Å². The minimum atomic E-state index is -3.65. The van der Waals surface area contributed by atoms with Gasteiger partial charge in [0.2, 0.25) is 5.91 Å². The molecule has 2 aromatic carbocycles. The lowest BCUT2D eigenvalue weighted by Crippen LogP contribution is -2.39. The molecule has 30 heavy (non-hydrogen) atoms. The Kier molecular flexibility index (Phi) is 5.32. The third kappa shape index (κ3) is 3.47. The van der Waals surface area contributed by atoms with E-state index in [1.807, 2.05) is 44.2 Å². The van der Waals surface area contributed by atoms with Crippen LogP contribution in [0.25, 0.3) is 0 Å². The fourth-order valence-electron chi connectivity index (χ4n) is 4.24. The van der Waals surface area contributed by atoms with Crippen LogP contribution < -0.4 is 0 Å². The summed E-state index contributed by atoms with van der Waals surface area (Å²) < 4.78 is 25.6. The van der Waals surface area contributed by atoms with Crippen LogP contribution >= 0.6 is 0 Å². The summed E-state index contributed by atoms with van der Waals surface area (Å²) in [6, 6.07) is 15.4. The topological polar surface area (TPSA) is 83.9 Å². The summed E-state index contributed by atoms with van der Waals surface area (Å²) in [5, 5.41) is 0. The minimum Gasteiger partial charge on any atom is -0.327 e. The van der Waals surface area contributed by atoms with E-state index in [-0.39, 0.29) is 28.2 Å². The SMILES string of the molecule is CCC(C)C1C(=O)C(C2=Nc3ccccc3S(=O)(=O)C2)C(=O)N1Cc1ccccc1. The van der Waals surface area contributed by atoms with Crippen molar-refractivity contribution in [1.82, 2.24) is 4.90 Å². The number of aliphatic imine (C=N–C) groups is 1. The molecule has 1 saturated heterocycles. The Balaban J connectivity index is 1.75. The zero-order valence-corrected chi connectivity index (χ0v) is 17.8. The van der Waals surface area contributed by atoms with E-state index in [1.165, 1.54) is 6.07 Å². The summed E-state index contributed by atoms with van der Waals surface area (Å²) in [6.07, 6.45) is 0.731. The second kappa shape index (κ2) is 7.80. The van der Waals surface area contributed by atoms with Crippen LogP contribution in [-0.2, 0) is 26.0 Å². The highest BCUT2D eigenvalue weighted by Crippen LogP contribution is 2.36. The fraction of sp³-hybridized carbons (Fsp3) is 0.348. The number of rotatable bonds is 5. The smallest absolute Gasteiger partial charge is 0.239 e. The number of Topliss-reactive ketones (excluding diaryl/α,β-unsaturated/α-hetero) is 1. The Morgan fingerprint density at radius 2 is 1.73 bits per heavy atom. The van der Waals surface area contributed by atoms with Crippen LogP contribution in [0.3, 0.4) is 0 Å². The molecule has 2 aliphatic heterocycles. The van der Waals surface area contributed by atoms with Gasteiger partial charge in [0, 0.05) is 6.54 Å². The first-order chi connectivity index (χ1) is 14.3. The quantitative estimate of drug-likeness (QED) is 0.690. The number of sulfone groups is 1. The van der Waals surface area contributed by atoms with Crippen LogP contribution in [0.5, 0.6) is 0 Å². The largest absolute Gasteiger partial charge is 0.327 e. The van der Waals surface area contributed by atoms with Crippen molar-refractivity contribution >= 4 is 32.9 Å². The Morgan fingerprint density at radius 1 is 1.07 bits per heavy atom. The van der Waals surface area contributed by atoms with Gasteiger partial charge in [0.25, 0.3) is 0 Å². The number of hydrogen-bond donors (Lipinski definition) is 0. The molecule has 6 nitrogen and oxygen atoms in total. The van der Waals surface area contributed by atoms with E-state index in [1.54, 1.807) is 23.1 Å². The molecule has 0 bridgehead atoms. The van der Waals surface area contributed by atoms with E-state index >= 15 is 0 Å². The van der Waals surface area contributed by atoms with Gasteiger partial charge in [0.1, 0.15) is 5.92 Å². The van der Waals surface area contributed by atoms with Crippen molar-refractivity contribution in [2.45, 2.75) is 37.8 Å². The van der Waals surface area contributed by atoms with Gasteiger partial charge in [-0.05, 0) is 23.6 Å². The van der Waals surface area contributed by atoms with E-state index < -0.39 is 27.5 Å². The summed E-state index contributed by atoms with van der Waals surface area (Å²) in [6.45, 7) is 4.24. The van der Waals surface area contributed by atoms with Crippen molar-refractivity contribution in [2.75, 3.05) is 5.75 Å². The zero-order valence-electron chi connectivity index (χ0n) is 17.0. The Morgan fingerprint density at radius 3 is 2.43 bits per heavy atom. The lowest BCUT2D eigenvalue weighted by molar-refractivity contribution is -0.131. The van der Waals surface area contributed by atoms with Crippen molar-refractivity contribution in [1.29, 1.82) is 0 Å². The number of amides is 1. The first-order valence-electron chi connectivity index (χ1n) is 10.1. The lowest BCUT2D eigenvalue weighted by Gasteiger charge is -2.27. The first kappa shape index (κ1) is 20.5. The van der Waals surface area contributed by atoms with Gasteiger partial charge >= 0.3 is 0 Å². The molecule has 0 N–H and O–H groups in total. The van der Waals surface area contributed by atoms with Gasteiger partial charge in [-0.3, -0.25) is 14.6 Å². The normalized spacial score (nSPS) is 23.8. The summed E-state index contributed by atoms with van der Waals surface area (Å²) in [5.74, 6) is -2.20. The Labute approximate surface area is 176 Å². The number of fused-ring (bicyclic) bond motifs is 1. The van der Waals surface area contributed by atoms with Crippen molar-refractivity contribution in [3.05, 3.63) is 60.2 Å². The molecule has 1 fully saturated rings. The molecular weight excluding hydrogens is 400 g/mol. The Bertz CT molecular complexity index is 1120. The van der Waals surface area contributed by atoms with Crippen LogP contribution in [0.1, 0.15) is 25.8 Å². The molecule has 0 spiro atoms. The van der Waals surface area contributed by atoms with Crippen molar-refractivity contribution in [3.8, 4) is 0 Å². The van der Waals surface area contributed by atoms with Gasteiger partial charge in [-0.15, -0.1) is 0 Å². The number of benzene rings is 2. The van der Waals surface area contributed by atoms with Gasteiger partial charge < -0.3 is 4.90 Å². The van der Waals surface area contributed by atoms with E-state index in [0.29, 0.717) is 12.2 Å². The highest BCUT2D eigenvalue weighted by molar-refractivity contribution is 7.92. The lowest BCUT2D eigenvalue weighted by atomic mass is 9.90. The average Bonchev–Trinajstić information content (AvgIpc) is 2.97. The second-order valence-corrected chi connectivity index (χ2v) is 9.91. The predicted octanol–water partition coefficient (Wildman–Crippen LogP) is 3.19. The molecule has 2 aromatic rings. The molecule has 2 heterocycles. The van der Waals surface area contributed by atoms with E-state index in [2.05, 4.69) is 4.99 Å². The Hall–Kier alpha value is -2.80. The van der Waals surface area contributed by atoms with Gasteiger partial charge in [0.15, 0.2) is 15.6 Å². The molecule has 1 amide bonds. The average molecular weight is 425 g/mol. The number of para-hydroxylation sites is 1. The molecule has 0 aliphatic carbocycles. The molecule has 3 unspecified atom stereocenters. The molecule has 7 heteroatoms. The number of nitrogens with zero attached hydrogens (tertiary/aromatic N) is 2. The standard InChI is InChI=1S/C23H24N2O4S/c1-3-15(2)21-22(26)20(23(27)25(21)13-16-9-5-4-6-10-16)18-14-30(28,29)19-12-8-7-11-17(19)24-18/h4-12,15,20-21H,3,13-14H2,1-2H3. The predicted molar refractivity (Wildman–Crippen MR) is 114 cm³/mol. The number of ketones is 1. The summed E-state index contributed by atoms with van der Waals surface area (Å²) >= 11 is 0. The van der Waals surface area contributed by atoms with Crippen LogP contribution in [-0.4, -0.2) is 42.5 Å². The summed E-state index contributed by atoms with van der Waals surface area (Å²) in [5.41, 5.74) is 1.35. The molecule has 156 valence electrons. The zero-order chi connectivity index (χ0) is 21.5. The van der Waals surface area contributed by atoms with Crippen LogP contribution in [0.2, 0.25) is 0 Å². The van der Waals surface area contributed by atoms with E-state index in [0.717, 1.165) is 12.0 Å². The molecule has 4 rings (SSSR count). The third-order valence-electron chi connectivity index (χ3n) is 5.96. The highest BCUT2D eigenvalue weighted by Gasteiger charge is 2.52. The van der Waals surface area contributed by atoms with Crippen LogP contribution in [0.4, 0.5) is 5.69 Å². The number of likely N-dealkylation sites (tertiary alicyclic amines) is 1. The maximum absolute atomic E-state index is 13.4. The third-order valence-corrected chi connectivity index (χ3v) is 7.65. The first-order valence-corrected chi connectivity index (χ1v) is 11.8. The molecular formula is C23H24N2O4S. The van der Waals surface area contributed by atoms with E-state index in [4.69, 9.17) is 0 Å². The van der Waals surface area contributed by atoms with Crippen molar-refractivity contribution in [2.24, 2.45) is 16.8 Å². The highest BCUT2D eigenvalue weighted by atomic mass is 32.2. The summed E-state index contributed by atoms with van der Waals surface area (Å²) in [7, 11) is -3.65. The number of hydrogen-bond acceptors (Lipinski definition) is 5. The molecule has 3 atom stereocenters. The molecule has 2 aliphatic rings. The van der Waals surface area contributed by atoms with Crippen LogP contribution in [0, 0.1) is 11.8 Å². The van der Waals surface area contributed by atoms with Crippen molar-refractivity contribution in [3.63, 3.8) is 0 Å². The van der Waals surface area contributed by atoms with Gasteiger partial charge in [-0.1, -0.05) is 62.7 Å².